The lowest BCUT2D eigenvalue weighted by Gasteiger charge is -2.23. The molecule has 0 aliphatic carbocycles. The highest BCUT2D eigenvalue weighted by atomic mass is 16.5. The minimum atomic E-state index is -1.01. The van der Waals surface area contributed by atoms with Gasteiger partial charge in [0, 0.05) is 5.92 Å². The van der Waals surface area contributed by atoms with Crippen molar-refractivity contribution in [2.75, 3.05) is 19.8 Å². The molecule has 0 radical (unpaired) electrons. The number of ether oxygens (including phenoxy) is 1. The summed E-state index contributed by atoms with van der Waals surface area (Å²) in [6.45, 7) is 0.252. The molecule has 0 bridgehead atoms. The lowest BCUT2D eigenvalue weighted by Crippen LogP contribution is -2.46. The molecule has 1 heterocycles. The molecule has 1 saturated heterocycles. The topological polar surface area (TPSA) is 95.9 Å². The molecule has 4 unspecified atom stereocenters. The summed E-state index contributed by atoms with van der Waals surface area (Å²) in [6.07, 6.45) is -2.00. The first kappa shape index (κ1) is 9.88. The molecule has 72 valence electrons. The molecule has 4 atom stereocenters. The summed E-state index contributed by atoms with van der Waals surface area (Å²) in [5.41, 5.74) is 5.47. The van der Waals surface area contributed by atoms with Gasteiger partial charge in [-0.1, -0.05) is 0 Å². The normalized spacial score (nSPS) is 44.0. The van der Waals surface area contributed by atoms with Crippen LogP contribution in [0.3, 0.4) is 0 Å². The van der Waals surface area contributed by atoms with E-state index < -0.39 is 24.2 Å². The Morgan fingerprint density at radius 2 is 1.92 bits per heavy atom. The average Bonchev–Trinajstić information content (AvgIpc) is 2.19. The van der Waals surface area contributed by atoms with Gasteiger partial charge in [-0.15, -0.1) is 0 Å². The van der Waals surface area contributed by atoms with Gasteiger partial charge in [0.15, 0.2) is 0 Å². The van der Waals surface area contributed by atoms with Crippen molar-refractivity contribution in [1.29, 1.82) is 0 Å². The second-order valence-electron chi connectivity index (χ2n) is 3.13. The van der Waals surface area contributed by atoms with E-state index in [1.165, 1.54) is 0 Å². The maximum atomic E-state index is 9.42. The lowest BCUT2D eigenvalue weighted by atomic mass is 9.97. The first-order valence-electron chi connectivity index (χ1n) is 3.97. The van der Waals surface area contributed by atoms with Crippen LogP contribution < -0.4 is 5.73 Å². The summed E-state index contributed by atoms with van der Waals surface area (Å²) < 4.78 is 5.05. The third-order valence-electron chi connectivity index (χ3n) is 2.15. The Balaban J connectivity index is 2.59. The summed E-state index contributed by atoms with van der Waals surface area (Å²) in [5.74, 6) is -0.437. The number of aliphatic hydroxyl groups is 3. The maximum Gasteiger partial charge on any atom is 0.0976 e. The smallest absolute Gasteiger partial charge is 0.0976 e. The van der Waals surface area contributed by atoms with Gasteiger partial charge in [-0.3, -0.25) is 0 Å². The van der Waals surface area contributed by atoms with Crippen LogP contribution in [0.15, 0.2) is 0 Å². The van der Waals surface area contributed by atoms with Gasteiger partial charge in [0.2, 0.25) is 0 Å². The van der Waals surface area contributed by atoms with Gasteiger partial charge >= 0.3 is 0 Å². The van der Waals surface area contributed by atoms with E-state index in [0.717, 1.165) is 0 Å². The minimum absolute atomic E-state index is 0.203. The molecule has 12 heavy (non-hydrogen) atoms. The van der Waals surface area contributed by atoms with Crippen LogP contribution in [0.1, 0.15) is 0 Å². The van der Waals surface area contributed by atoms with Crippen molar-refractivity contribution in [3.63, 3.8) is 0 Å². The van der Waals surface area contributed by atoms with Gasteiger partial charge in [-0.25, -0.2) is 0 Å². The molecule has 1 aliphatic rings. The molecular weight excluding hydrogens is 162 g/mol. The Labute approximate surface area is 70.8 Å². The van der Waals surface area contributed by atoms with Crippen molar-refractivity contribution in [3.8, 4) is 0 Å². The van der Waals surface area contributed by atoms with Crippen LogP contribution in [0.2, 0.25) is 0 Å². The molecule has 0 aromatic carbocycles. The Bertz CT molecular complexity index is 141. The predicted octanol–water partition coefficient (Wildman–Crippen LogP) is -2.33. The maximum absolute atomic E-state index is 9.42. The van der Waals surface area contributed by atoms with Crippen molar-refractivity contribution in [2.24, 2.45) is 11.7 Å². The van der Waals surface area contributed by atoms with Crippen LogP contribution in [0.4, 0.5) is 0 Å². The molecular formula is C7H15NO4. The SMILES string of the molecule is NC1COCC(CO)C(O)C1O. The van der Waals surface area contributed by atoms with Gasteiger partial charge in [-0.2, -0.15) is 0 Å². The Morgan fingerprint density at radius 1 is 1.25 bits per heavy atom. The van der Waals surface area contributed by atoms with Gasteiger partial charge in [0.05, 0.1) is 38.1 Å². The molecule has 5 heteroatoms. The minimum Gasteiger partial charge on any atom is -0.396 e. The molecule has 1 rings (SSSR count). The monoisotopic (exact) mass is 177 g/mol. The van der Waals surface area contributed by atoms with Gasteiger partial charge in [0.1, 0.15) is 0 Å². The predicted molar refractivity (Wildman–Crippen MR) is 41.4 cm³/mol. The number of nitrogens with two attached hydrogens (primary N) is 1. The fourth-order valence-electron chi connectivity index (χ4n) is 1.25. The molecule has 5 nitrogen and oxygen atoms in total. The molecule has 1 aliphatic heterocycles. The molecule has 0 saturated carbocycles. The Hall–Kier alpha value is -0.200. The zero-order chi connectivity index (χ0) is 9.14. The van der Waals surface area contributed by atoms with Crippen LogP contribution in [-0.4, -0.2) is 53.4 Å². The first-order valence-corrected chi connectivity index (χ1v) is 3.97. The second kappa shape index (κ2) is 4.15. The van der Waals surface area contributed by atoms with Gasteiger partial charge in [-0.05, 0) is 0 Å². The van der Waals surface area contributed by atoms with Crippen LogP contribution in [0.25, 0.3) is 0 Å². The summed E-state index contributed by atoms with van der Waals surface area (Å²) in [7, 11) is 0. The molecule has 0 aromatic heterocycles. The van der Waals surface area contributed by atoms with Gasteiger partial charge in [0.25, 0.3) is 0 Å². The molecule has 1 fully saturated rings. The average molecular weight is 177 g/mol. The first-order chi connectivity index (χ1) is 5.66. The number of hydrogen-bond acceptors (Lipinski definition) is 5. The fourth-order valence-corrected chi connectivity index (χ4v) is 1.25. The highest BCUT2D eigenvalue weighted by Gasteiger charge is 2.33. The van der Waals surface area contributed by atoms with Crippen LogP contribution in [0.5, 0.6) is 0 Å². The van der Waals surface area contributed by atoms with Crippen molar-refractivity contribution < 1.29 is 20.1 Å². The van der Waals surface area contributed by atoms with E-state index in [9.17, 15) is 10.2 Å². The largest absolute Gasteiger partial charge is 0.396 e. The fraction of sp³-hybridized carbons (Fsp3) is 1.00. The summed E-state index contributed by atoms with van der Waals surface area (Å²) >= 11 is 0. The third kappa shape index (κ3) is 1.94. The van der Waals surface area contributed by atoms with E-state index in [1.54, 1.807) is 0 Å². The third-order valence-corrected chi connectivity index (χ3v) is 2.15. The summed E-state index contributed by atoms with van der Waals surface area (Å²) in [5, 5.41) is 27.6. The van der Waals surface area contributed by atoms with Crippen LogP contribution in [-0.2, 0) is 4.74 Å². The van der Waals surface area contributed by atoms with Crippen LogP contribution in [0, 0.1) is 5.92 Å². The molecule has 0 aromatic rings. The number of rotatable bonds is 1. The zero-order valence-electron chi connectivity index (χ0n) is 6.76. The van der Waals surface area contributed by atoms with E-state index in [4.69, 9.17) is 15.6 Å². The van der Waals surface area contributed by atoms with E-state index in [-0.39, 0.29) is 19.8 Å². The van der Waals surface area contributed by atoms with Crippen molar-refractivity contribution >= 4 is 0 Å². The van der Waals surface area contributed by atoms with E-state index >= 15 is 0 Å². The number of aliphatic hydroxyl groups excluding tert-OH is 3. The van der Waals surface area contributed by atoms with Crippen molar-refractivity contribution in [1.82, 2.24) is 0 Å². The quantitative estimate of drug-likeness (QED) is 0.360. The Morgan fingerprint density at radius 3 is 2.50 bits per heavy atom. The lowest BCUT2D eigenvalue weighted by molar-refractivity contribution is -0.0353. The zero-order valence-corrected chi connectivity index (χ0v) is 6.76. The highest BCUT2D eigenvalue weighted by Crippen LogP contribution is 2.14. The molecule has 0 spiro atoms. The van der Waals surface area contributed by atoms with E-state index in [1.807, 2.05) is 0 Å². The van der Waals surface area contributed by atoms with E-state index in [2.05, 4.69) is 0 Å². The Kier molecular flexibility index (Phi) is 3.42. The van der Waals surface area contributed by atoms with Crippen molar-refractivity contribution in [3.05, 3.63) is 0 Å². The molecule has 0 amide bonds. The highest BCUT2D eigenvalue weighted by molar-refractivity contribution is 4.85. The summed E-state index contributed by atoms with van der Waals surface area (Å²) in [6, 6.07) is -0.573. The standard InChI is InChI=1S/C7H15NO4/c8-5-3-12-2-4(1-9)6(10)7(5)11/h4-7,9-11H,1-3,8H2. The van der Waals surface area contributed by atoms with E-state index in [0.29, 0.717) is 0 Å². The molecule has 5 N–H and O–H groups in total. The summed E-state index contributed by atoms with van der Waals surface area (Å²) in [4.78, 5) is 0. The van der Waals surface area contributed by atoms with Gasteiger partial charge < -0.3 is 25.8 Å². The van der Waals surface area contributed by atoms with Crippen LogP contribution >= 0.6 is 0 Å². The second-order valence-corrected chi connectivity index (χ2v) is 3.13. The number of hydrogen-bond donors (Lipinski definition) is 4. The van der Waals surface area contributed by atoms with Crippen molar-refractivity contribution in [2.45, 2.75) is 18.2 Å².